The summed E-state index contributed by atoms with van der Waals surface area (Å²) >= 11 is 0. The molecule has 1 fully saturated rings. The van der Waals surface area contributed by atoms with Gasteiger partial charge < -0.3 is 15.3 Å². The summed E-state index contributed by atoms with van der Waals surface area (Å²) in [6.07, 6.45) is 0.136. The lowest BCUT2D eigenvalue weighted by molar-refractivity contribution is -0.122. The number of nitrogens with one attached hydrogen (secondary N) is 1. The Morgan fingerprint density at radius 2 is 1.81 bits per heavy atom. The van der Waals surface area contributed by atoms with Gasteiger partial charge in [-0.15, -0.1) is 0 Å². The highest BCUT2D eigenvalue weighted by Gasteiger charge is 2.35. The molecule has 0 saturated carbocycles. The first-order chi connectivity index (χ1) is 12.3. The SMILES string of the molecule is Cc1cc(C)cc(N2C[C@H](C(=O)Nc3cccc(C(=O)O)c3)CC2=O)c1. The minimum absolute atomic E-state index is 0.0885. The number of carbonyl (C=O) groups excluding carboxylic acids is 2. The minimum Gasteiger partial charge on any atom is -0.478 e. The molecule has 0 spiro atoms. The van der Waals surface area contributed by atoms with Crippen LogP contribution >= 0.6 is 0 Å². The average Bonchev–Trinajstić information content (AvgIpc) is 2.96. The van der Waals surface area contributed by atoms with Crippen molar-refractivity contribution in [2.75, 3.05) is 16.8 Å². The maximum atomic E-state index is 12.5. The van der Waals surface area contributed by atoms with Crippen LogP contribution in [0.1, 0.15) is 27.9 Å². The number of nitrogens with zero attached hydrogens (tertiary/aromatic N) is 1. The van der Waals surface area contributed by atoms with Crippen LogP contribution in [0.25, 0.3) is 0 Å². The molecular formula is C20H20N2O4. The lowest BCUT2D eigenvalue weighted by atomic mass is 10.1. The van der Waals surface area contributed by atoms with Crippen LogP contribution in [-0.4, -0.2) is 29.4 Å². The van der Waals surface area contributed by atoms with Crippen LogP contribution in [0, 0.1) is 19.8 Å². The van der Waals surface area contributed by atoms with Gasteiger partial charge in [-0.25, -0.2) is 4.79 Å². The van der Waals surface area contributed by atoms with Crippen molar-refractivity contribution in [3.8, 4) is 0 Å². The van der Waals surface area contributed by atoms with Gasteiger partial charge in [0, 0.05) is 24.3 Å². The van der Waals surface area contributed by atoms with Crippen LogP contribution in [0.4, 0.5) is 11.4 Å². The lowest BCUT2D eigenvalue weighted by Crippen LogP contribution is -2.28. The highest BCUT2D eigenvalue weighted by atomic mass is 16.4. The summed E-state index contributed by atoms with van der Waals surface area (Å²) in [5.74, 6) is -1.91. The van der Waals surface area contributed by atoms with Crippen LogP contribution in [0.2, 0.25) is 0 Å². The Morgan fingerprint density at radius 1 is 1.12 bits per heavy atom. The molecule has 1 saturated heterocycles. The van der Waals surface area contributed by atoms with E-state index in [1.807, 2.05) is 32.0 Å². The number of hydrogen-bond donors (Lipinski definition) is 2. The molecule has 2 amide bonds. The summed E-state index contributed by atoms with van der Waals surface area (Å²) in [5, 5.41) is 11.7. The number of amides is 2. The van der Waals surface area contributed by atoms with E-state index in [1.54, 1.807) is 17.0 Å². The molecule has 26 heavy (non-hydrogen) atoms. The number of anilines is 2. The van der Waals surface area contributed by atoms with E-state index in [4.69, 9.17) is 5.11 Å². The van der Waals surface area contributed by atoms with Gasteiger partial charge >= 0.3 is 5.97 Å². The maximum Gasteiger partial charge on any atom is 0.335 e. The molecule has 0 aliphatic carbocycles. The van der Waals surface area contributed by atoms with E-state index in [0.29, 0.717) is 12.2 Å². The van der Waals surface area contributed by atoms with Gasteiger partial charge in [-0.05, 0) is 55.3 Å². The fourth-order valence-corrected chi connectivity index (χ4v) is 3.21. The second-order valence-corrected chi connectivity index (χ2v) is 6.63. The van der Waals surface area contributed by atoms with E-state index >= 15 is 0 Å². The molecule has 2 aromatic rings. The summed E-state index contributed by atoms with van der Waals surface area (Å²) in [6.45, 7) is 4.25. The number of aromatic carboxylic acids is 1. The Labute approximate surface area is 151 Å². The fourth-order valence-electron chi connectivity index (χ4n) is 3.21. The maximum absolute atomic E-state index is 12.5. The summed E-state index contributed by atoms with van der Waals surface area (Å²) in [4.78, 5) is 37.6. The fraction of sp³-hybridized carbons (Fsp3) is 0.250. The van der Waals surface area contributed by atoms with Crippen molar-refractivity contribution in [2.45, 2.75) is 20.3 Å². The summed E-state index contributed by atoms with van der Waals surface area (Å²) in [6, 6.07) is 12.0. The zero-order valence-corrected chi connectivity index (χ0v) is 14.7. The van der Waals surface area contributed by atoms with Gasteiger partial charge in [0.25, 0.3) is 0 Å². The molecule has 1 aliphatic heterocycles. The molecule has 0 aromatic heterocycles. The van der Waals surface area contributed by atoms with Crippen LogP contribution < -0.4 is 10.2 Å². The summed E-state index contributed by atoms with van der Waals surface area (Å²) < 4.78 is 0. The third-order valence-electron chi connectivity index (χ3n) is 4.39. The quantitative estimate of drug-likeness (QED) is 0.886. The van der Waals surface area contributed by atoms with Gasteiger partial charge in [0.2, 0.25) is 11.8 Å². The number of benzene rings is 2. The molecule has 1 heterocycles. The molecule has 0 radical (unpaired) electrons. The highest BCUT2D eigenvalue weighted by molar-refractivity contribution is 6.04. The standard InChI is InChI=1S/C20H20N2O4/c1-12-6-13(2)8-17(7-12)22-11-15(10-18(22)23)19(24)21-16-5-3-4-14(9-16)20(25)26/h3-9,15H,10-11H2,1-2H3,(H,21,24)(H,25,26)/t15-/m1/s1. The third-order valence-corrected chi connectivity index (χ3v) is 4.39. The predicted molar refractivity (Wildman–Crippen MR) is 98.4 cm³/mol. The van der Waals surface area contributed by atoms with Crippen LogP contribution in [0.15, 0.2) is 42.5 Å². The van der Waals surface area contributed by atoms with E-state index in [9.17, 15) is 14.4 Å². The molecule has 2 N–H and O–H groups in total. The molecule has 134 valence electrons. The predicted octanol–water partition coefficient (Wildman–Crippen LogP) is 2.99. The van der Waals surface area contributed by atoms with Crippen molar-refractivity contribution >= 4 is 29.2 Å². The van der Waals surface area contributed by atoms with E-state index in [1.165, 1.54) is 12.1 Å². The monoisotopic (exact) mass is 352 g/mol. The first-order valence-electron chi connectivity index (χ1n) is 8.36. The van der Waals surface area contributed by atoms with E-state index < -0.39 is 11.9 Å². The molecule has 0 unspecified atom stereocenters. The number of carboxylic acid groups (broad SMARTS) is 1. The van der Waals surface area contributed by atoms with Crippen molar-refractivity contribution in [1.82, 2.24) is 0 Å². The molecule has 1 atom stereocenters. The number of rotatable bonds is 4. The Bertz CT molecular complexity index is 871. The number of hydrogen-bond acceptors (Lipinski definition) is 3. The second kappa shape index (κ2) is 7.00. The number of aryl methyl sites for hydroxylation is 2. The third kappa shape index (κ3) is 3.74. The van der Waals surface area contributed by atoms with Gasteiger partial charge in [-0.1, -0.05) is 12.1 Å². The molecule has 3 rings (SSSR count). The second-order valence-electron chi connectivity index (χ2n) is 6.63. The Hall–Kier alpha value is -3.15. The van der Waals surface area contributed by atoms with E-state index in [0.717, 1.165) is 16.8 Å². The first-order valence-corrected chi connectivity index (χ1v) is 8.36. The van der Waals surface area contributed by atoms with Crippen LogP contribution in [0.5, 0.6) is 0 Å². The van der Waals surface area contributed by atoms with E-state index in [2.05, 4.69) is 5.32 Å². The van der Waals surface area contributed by atoms with Gasteiger partial charge in [-0.3, -0.25) is 9.59 Å². The Balaban J connectivity index is 1.73. The smallest absolute Gasteiger partial charge is 0.335 e. The zero-order chi connectivity index (χ0) is 18.8. The zero-order valence-electron chi connectivity index (χ0n) is 14.7. The molecule has 6 nitrogen and oxygen atoms in total. The van der Waals surface area contributed by atoms with Crippen molar-refractivity contribution in [3.63, 3.8) is 0 Å². The highest BCUT2D eigenvalue weighted by Crippen LogP contribution is 2.27. The van der Waals surface area contributed by atoms with Crippen LogP contribution in [-0.2, 0) is 9.59 Å². The van der Waals surface area contributed by atoms with E-state index in [-0.39, 0.29) is 23.8 Å². The first kappa shape index (κ1) is 17.7. The number of carbonyl (C=O) groups is 3. The van der Waals surface area contributed by atoms with Gasteiger partial charge in [0.1, 0.15) is 0 Å². The number of carboxylic acids is 1. The average molecular weight is 352 g/mol. The Kier molecular flexibility index (Phi) is 4.75. The topological polar surface area (TPSA) is 86.7 Å². The molecule has 6 heteroatoms. The minimum atomic E-state index is -1.06. The molecule has 0 bridgehead atoms. The molecular weight excluding hydrogens is 332 g/mol. The Morgan fingerprint density at radius 3 is 2.46 bits per heavy atom. The van der Waals surface area contributed by atoms with Crippen molar-refractivity contribution in [2.24, 2.45) is 5.92 Å². The largest absolute Gasteiger partial charge is 0.478 e. The summed E-state index contributed by atoms with van der Waals surface area (Å²) in [7, 11) is 0. The van der Waals surface area contributed by atoms with Crippen molar-refractivity contribution in [1.29, 1.82) is 0 Å². The van der Waals surface area contributed by atoms with Gasteiger partial charge in [0.15, 0.2) is 0 Å². The van der Waals surface area contributed by atoms with Gasteiger partial charge in [-0.2, -0.15) is 0 Å². The van der Waals surface area contributed by atoms with Gasteiger partial charge in [0.05, 0.1) is 11.5 Å². The van der Waals surface area contributed by atoms with Crippen molar-refractivity contribution < 1.29 is 19.5 Å². The molecule has 2 aromatic carbocycles. The summed E-state index contributed by atoms with van der Waals surface area (Å²) in [5.41, 5.74) is 3.43. The normalized spacial score (nSPS) is 16.6. The molecule has 1 aliphatic rings. The van der Waals surface area contributed by atoms with Crippen LogP contribution in [0.3, 0.4) is 0 Å². The lowest BCUT2D eigenvalue weighted by Gasteiger charge is -2.18. The van der Waals surface area contributed by atoms with Crippen molar-refractivity contribution in [3.05, 3.63) is 59.2 Å².